The van der Waals surface area contributed by atoms with Gasteiger partial charge in [0.2, 0.25) is 5.91 Å². The molecule has 1 saturated heterocycles. The predicted octanol–water partition coefficient (Wildman–Crippen LogP) is 0.229. The van der Waals surface area contributed by atoms with E-state index in [1.165, 1.54) is 11.1 Å². The molecule has 1 atom stereocenters. The predicted molar refractivity (Wildman–Crippen MR) is 73.6 cm³/mol. The number of piperazine rings is 1. The van der Waals surface area contributed by atoms with Crippen molar-refractivity contribution in [2.75, 3.05) is 19.6 Å². The van der Waals surface area contributed by atoms with Crippen molar-refractivity contribution in [3.63, 3.8) is 0 Å². The van der Waals surface area contributed by atoms with Crippen LogP contribution in [0, 0.1) is 0 Å². The Kier molecular flexibility index (Phi) is 4.52. The summed E-state index contributed by atoms with van der Waals surface area (Å²) in [7, 11) is 0. The summed E-state index contributed by atoms with van der Waals surface area (Å²) in [6.07, 6.45) is 2.57. The normalized spacial score (nSPS) is 18.7. The van der Waals surface area contributed by atoms with Crippen molar-refractivity contribution in [1.29, 1.82) is 0 Å². The SMILES string of the molecule is CCN1CCN(C(=O)c2cccnc2)C(CC(=O)O)C1=O. The monoisotopic (exact) mass is 291 g/mol. The van der Waals surface area contributed by atoms with Gasteiger partial charge in [-0.1, -0.05) is 0 Å². The van der Waals surface area contributed by atoms with Crippen molar-refractivity contribution < 1.29 is 19.5 Å². The van der Waals surface area contributed by atoms with Gasteiger partial charge in [-0.15, -0.1) is 0 Å². The first kappa shape index (κ1) is 15.0. The van der Waals surface area contributed by atoms with Gasteiger partial charge in [-0.3, -0.25) is 19.4 Å². The molecule has 0 aromatic carbocycles. The average Bonchev–Trinajstić information content (AvgIpc) is 2.49. The minimum Gasteiger partial charge on any atom is -0.481 e. The zero-order chi connectivity index (χ0) is 15.4. The molecule has 0 spiro atoms. The van der Waals surface area contributed by atoms with Crippen molar-refractivity contribution in [3.8, 4) is 0 Å². The Morgan fingerprint density at radius 3 is 2.76 bits per heavy atom. The van der Waals surface area contributed by atoms with Crippen LogP contribution in [0.15, 0.2) is 24.5 Å². The van der Waals surface area contributed by atoms with E-state index in [1.807, 2.05) is 6.92 Å². The number of carbonyl (C=O) groups is 3. The molecular weight excluding hydrogens is 274 g/mol. The fourth-order valence-corrected chi connectivity index (χ4v) is 2.41. The standard InChI is InChI=1S/C14H17N3O4/c1-2-16-6-7-17(11(14(16)21)8-12(18)19)13(20)10-4-3-5-15-9-10/h3-5,9,11H,2,6-8H2,1H3,(H,18,19). The number of hydrogen-bond donors (Lipinski definition) is 1. The molecule has 1 aromatic heterocycles. The van der Waals surface area contributed by atoms with Gasteiger partial charge in [0.05, 0.1) is 12.0 Å². The van der Waals surface area contributed by atoms with Gasteiger partial charge in [0.1, 0.15) is 6.04 Å². The Morgan fingerprint density at radius 2 is 2.19 bits per heavy atom. The molecular formula is C14H17N3O4. The molecule has 7 heteroatoms. The van der Waals surface area contributed by atoms with E-state index in [2.05, 4.69) is 4.98 Å². The molecule has 2 heterocycles. The summed E-state index contributed by atoms with van der Waals surface area (Å²) >= 11 is 0. The summed E-state index contributed by atoms with van der Waals surface area (Å²) in [5.74, 6) is -1.78. The third kappa shape index (κ3) is 3.18. The molecule has 1 N–H and O–H groups in total. The van der Waals surface area contributed by atoms with Crippen LogP contribution in [0.1, 0.15) is 23.7 Å². The number of rotatable bonds is 4. The highest BCUT2D eigenvalue weighted by atomic mass is 16.4. The Hall–Kier alpha value is -2.44. The highest BCUT2D eigenvalue weighted by molar-refractivity contribution is 5.99. The van der Waals surface area contributed by atoms with Crippen molar-refractivity contribution >= 4 is 17.8 Å². The van der Waals surface area contributed by atoms with Gasteiger partial charge in [-0.25, -0.2) is 0 Å². The van der Waals surface area contributed by atoms with E-state index in [9.17, 15) is 14.4 Å². The largest absolute Gasteiger partial charge is 0.481 e. The lowest BCUT2D eigenvalue weighted by molar-refractivity contribution is -0.147. The summed E-state index contributed by atoms with van der Waals surface area (Å²) in [4.78, 5) is 42.5. The van der Waals surface area contributed by atoms with Crippen LogP contribution >= 0.6 is 0 Å². The molecule has 1 fully saturated rings. The maximum absolute atomic E-state index is 12.5. The third-order valence-electron chi connectivity index (χ3n) is 3.50. The van der Waals surface area contributed by atoms with Crippen LogP contribution in [0.25, 0.3) is 0 Å². The number of likely N-dealkylation sites (N-methyl/N-ethyl adjacent to an activating group) is 1. The van der Waals surface area contributed by atoms with Gasteiger partial charge in [0.25, 0.3) is 5.91 Å². The summed E-state index contributed by atoms with van der Waals surface area (Å²) in [6.45, 7) is 3.07. The molecule has 2 rings (SSSR count). The number of aliphatic carboxylic acids is 1. The van der Waals surface area contributed by atoms with E-state index in [0.717, 1.165) is 0 Å². The summed E-state index contributed by atoms with van der Waals surface area (Å²) in [5.41, 5.74) is 0.352. The van der Waals surface area contributed by atoms with Crippen LogP contribution in [0.4, 0.5) is 0 Å². The number of pyridine rings is 1. The van der Waals surface area contributed by atoms with Gasteiger partial charge in [-0.2, -0.15) is 0 Å². The summed E-state index contributed by atoms with van der Waals surface area (Å²) in [5, 5.41) is 8.99. The van der Waals surface area contributed by atoms with E-state index >= 15 is 0 Å². The van der Waals surface area contributed by atoms with Gasteiger partial charge in [0, 0.05) is 32.0 Å². The maximum Gasteiger partial charge on any atom is 0.305 e. The molecule has 7 nitrogen and oxygen atoms in total. The first-order chi connectivity index (χ1) is 10.0. The van der Waals surface area contributed by atoms with Crippen LogP contribution < -0.4 is 0 Å². The lowest BCUT2D eigenvalue weighted by Crippen LogP contribution is -2.59. The molecule has 1 unspecified atom stereocenters. The Balaban J connectivity index is 2.25. The molecule has 0 radical (unpaired) electrons. The first-order valence-corrected chi connectivity index (χ1v) is 6.76. The number of carbonyl (C=O) groups excluding carboxylic acids is 2. The van der Waals surface area contributed by atoms with Gasteiger partial charge < -0.3 is 14.9 Å². The lowest BCUT2D eigenvalue weighted by atomic mass is 10.1. The lowest BCUT2D eigenvalue weighted by Gasteiger charge is -2.39. The number of carboxylic acid groups (broad SMARTS) is 1. The number of amides is 2. The molecule has 0 saturated carbocycles. The van der Waals surface area contributed by atoms with E-state index in [0.29, 0.717) is 25.2 Å². The molecule has 1 aliphatic heterocycles. The zero-order valence-electron chi connectivity index (χ0n) is 11.7. The van der Waals surface area contributed by atoms with E-state index in [-0.39, 0.29) is 18.2 Å². The van der Waals surface area contributed by atoms with Gasteiger partial charge >= 0.3 is 5.97 Å². The number of hydrogen-bond acceptors (Lipinski definition) is 4. The van der Waals surface area contributed by atoms with Crippen molar-refractivity contribution in [3.05, 3.63) is 30.1 Å². The van der Waals surface area contributed by atoms with Crippen LogP contribution in [-0.2, 0) is 9.59 Å². The highest BCUT2D eigenvalue weighted by Crippen LogP contribution is 2.17. The number of aromatic nitrogens is 1. The number of carboxylic acids is 1. The Bertz CT molecular complexity index is 546. The Labute approximate surface area is 122 Å². The molecule has 0 aliphatic carbocycles. The molecule has 112 valence electrons. The zero-order valence-corrected chi connectivity index (χ0v) is 11.7. The van der Waals surface area contributed by atoms with E-state index in [1.54, 1.807) is 23.2 Å². The van der Waals surface area contributed by atoms with Crippen molar-refractivity contribution in [2.45, 2.75) is 19.4 Å². The fraction of sp³-hybridized carbons (Fsp3) is 0.429. The topological polar surface area (TPSA) is 90.8 Å². The van der Waals surface area contributed by atoms with Crippen LogP contribution in [0.2, 0.25) is 0 Å². The van der Waals surface area contributed by atoms with E-state index in [4.69, 9.17) is 5.11 Å². The minimum atomic E-state index is -1.10. The Morgan fingerprint density at radius 1 is 1.43 bits per heavy atom. The van der Waals surface area contributed by atoms with Crippen molar-refractivity contribution in [1.82, 2.24) is 14.8 Å². The second-order valence-corrected chi connectivity index (χ2v) is 4.77. The number of nitrogens with zero attached hydrogens (tertiary/aromatic N) is 3. The molecule has 0 bridgehead atoms. The molecule has 1 aliphatic rings. The second-order valence-electron chi connectivity index (χ2n) is 4.77. The van der Waals surface area contributed by atoms with Gasteiger partial charge in [-0.05, 0) is 19.1 Å². The van der Waals surface area contributed by atoms with Crippen LogP contribution in [0.3, 0.4) is 0 Å². The van der Waals surface area contributed by atoms with Crippen molar-refractivity contribution in [2.24, 2.45) is 0 Å². The third-order valence-corrected chi connectivity index (χ3v) is 3.50. The highest BCUT2D eigenvalue weighted by Gasteiger charge is 2.38. The molecule has 2 amide bonds. The van der Waals surface area contributed by atoms with Crippen LogP contribution in [-0.4, -0.2) is 63.4 Å². The fourth-order valence-electron chi connectivity index (χ4n) is 2.41. The smallest absolute Gasteiger partial charge is 0.305 e. The summed E-state index contributed by atoms with van der Waals surface area (Å²) in [6, 6.07) is 2.27. The molecule has 1 aromatic rings. The average molecular weight is 291 g/mol. The quantitative estimate of drug-likeness (QED) is 0.857. The molecule has 21 heavy (non-hydrogen) atoms. The van der Waals surface area contributed by atoms with Gasteiger partial charge in [0.15, 0.2) is 0 Å². The first-order valence-electron chi connectivity index (χ1n) is 6.76. The van der Waals surface area contributed by atoms with Crippen LogP contribution in [0.5, 0.6) is 0 Å². The second kappa shape index (κ2) is 6.34. The minimum absolute atomic E-state index is 0.316. The maximum atomic E-state index is 12.5. The summed E-state index contributed by atoms with van der Waals surface area (Å²) < 4.78 is 0. The van der Waals surface area contributed by atoms with E-state index < -0.39 is 12.0 Å².